The van der Waals surface area contributed by atoms with E-state index in [2.05, 4.69) is 262 Å². The number of fused-ring (bicyclic) bond motifs is 3. The summed E-state index contributed by atoms with van der Waals surface area (Å²) in [7, 11) is 0. The van der Waals surface area contributed by atoms with Crippen LogP contribution in [0, 0.1) is 18.8 Å². The lowest BCUT2D eigenvalue weighted by atomic mass is 9.67. The minimum atomic E-state index is -0.463. The maximum absolute atomic E-state index is 3.97. The molecular formula is C64H54N2. The minimum Gasteiger partial charge on any atom is -0.378 e. The first-order valence-corrected chi connectivity index (χ1v) is 23.5. The van der Waals surface area contributed by atoms with Crippen LogP contribution in [-0.4, -0.2) is 6.04 Å². The zero-order chi connectivity index (χ0) is 44.6. The second-order valence-corrected chi connectivity index (χ2v) is 18.4. The first-order chi connectivity index (χ1) is 32.4. The SMILES string of the molecule is Cc1cccc(C2=CC(C)C(Nc3ccccc3-c3cccc(-c4ccc(Nc5ccc6c(c5)C(c5ccccc5)(c5ccccc5)c5ccccc5-6)c(C5=CC(C)CC=C5)c4)c3)C=C2)c1. The number of hydrogen-bond acceptors (Lipinski definition) is 2. The number of para-hydroxylation sites is 1. The fourth-order valence-corrected chi connectivity index (χ4v) is 10.7. The molecule has 8 aromatic rings. The summed E-state index contributed by atoms with van der Waals surface area (Å²) in [6.07, 6.45) is 15.1. The number of anilines is 3. The number of nitrogens with one attached hydrogen (secondary N) is 2. The van der Waals surface area contributed by atoms with Crippen molar-refractivity contribution in [3.8, 4) is 33.4 Å². The van der Waals surface area contributed by atoms with Crippen molar-refractivity contribution in [3.05, 3.63) is 270 Å². The highest BCUT2D eigenvalue weighted by molar-refractivity contribution is 5.91. The van der Waals surface area contributed by atoms with Gasteiger partial charge in [0.25, 0.3) is 0 Å². The second kappa shape index (κ2) is 17.4. The molecule has 11 rings (SSSR count). The topological polar surface area (TPSA) is 24.1 Å². The summed E-state index contributed by atoms with van der Waals surface area (Å²) in [5.74, 6) is 0.778. The van der Waals surface area contributed by atoms with E-state index in [0.717, 1.165) is 23.5 Å². The highest BCUT2D eigenvalue weighted by Gasteiger charge is 2.46. The van der Waals surface area contributed by atoms with E-state index in [4.69, 9.17) is 0 Å². The maximum atomic E-state index is 3.97. The molecule has 3 aliphatic carbocycles. The summed E-state index contributed by atoms with van der Waals surface area (Å²) in [5, 5.41) is 7.89. The largest absolute Gasteiger partial charge is 0.378 e. The third-order valence-corrected chi connectivity index (χ3v) is 13.9. The molecule has 0 spiro atoms. The highest BCUT2D eigenvalue weighted by Crippen LogP contribution is 2.56. The zero-order valence-corrected chi connectivity index (χ0v) is 37.9. The molecule has 0 aliphatic heterocycles. The van der Waals surface area contributed by atoms with Gasteiger partial charge < -0.3 is 10.6 Å². The Morgan fingerprint density at radius 2 is 1.15 bits per heavy atom. The number of benzene rings is 8. The Bertz CT molecular complexity index is 3180. The van der Waals surface area contributed by atoms with Crippen LogP contribution < -0.4 is 10.6 Å². The first kappa shape index (κ1) is 41.1. The van der Waals surface area contributed by atoms with Gasteiger partial charge in [0.15, 0.2) is 0 Å². The number of allylic oxidation sites excluding steroid dienone is 6. The van der Waals surface area contributed by atoms with E-state index in [0.29, 0.717) is 11.8 Å². The molecule has 320 valence electrons. The highest BCUT2D eigenvalue weighted by atomic mass is 14.9. The van der Waals surface area contributed by atoms with Crippen molar-refractivity contribution < 1.29 is 0 Å². The Labute approximate surface area is 390 Å². The van der Waals surface area contributed by atoms with Crippen LogP contribution >= 0.6 is 0 Å². The predicted octanol–water partition coefficient (Wildman–Crippen LogP) is 16.5. The van der Waals surface area contributed by atoms with Crippen molar-refractivity contribution in [2.45, 2.75) is 38.6 Å². The third kappa shape index (κ3) is 7.53. The number of aryl methyl sites for hydroxylation is 1. The molecule has 0 saturated heterocycles. The molecular weight excluding hydrogens is 797 g/mol. The lowest BCUT2D eigenvalue weighted by Crippen LogP contribution is -2.28. The summed E-state index contributed by atoms with van der Waals surface area (Å²) in [4.78, 5) is 0. The average molecular weight is 851 g/mol. The van der Waals surface area contributed by atoms with Crippen LogP contribution in [0.2, 0.25) is 0 Å². The Kier molecular flexibility index (Phi) is 10.8. The van der Waals surface area contributed by atoms with Crippen LogP contribution in [0.15, 0.2) is 231 Å². The van der Waals surface area contributed by atoms with E-state index >= 15 is 0 Å². The molecule has 0 heterocycles. The van der Waals surface area contributed by atoms with Crippen LogP contribution in [0.1, 0.15) is 59.2 Å². The van der Waals surface area contributed by atoms with Gasteiger partial charge in [-0.2, -0.15) is 0 Å². The molecule has 3 aliphatic rings. The molecule has 0 aromatic heterocycles. The predicted molar refractivity (Wildman–Crippen MR) is 280 cm³/mol. The first-order valence-electron chi connectivity index (χ1n) is 23.5. The van der Waals surface area contributed by atoms with Crippen molar-refractivity contribution >= 4 is 28.2 Å². The third-order valence-electron chi connectivity index (χ3n) is 13.9. The Morgan fingerprint density at radius 3 is 1.92 bits per heavy atom. The van der Waals surface area contributed by atoms with E-state index in [-0.39, 0.29) is 6.04 Å². The fraction of sp³-hybridized carbons (Fsp3) is 0.125. The summed E-state index contributed by atoms with van der Waals surface area (Å²) >= 11 is 0. The van der Waals surface area contributed by atoms with Gasteiger partial charge in [0.1, 0.15) is 0 Å². The van der Waals surface area contributed by atoms with Crippen molar-refractivity contribution in [2.75, 3.05) is 10.6 Å². The van der Waals surface area contributed by atoms with Crippen LogP contribution in [0.25, 0.3) is 44.5 Å². The second-order valence-electron chi connectivity index (χ2n) is 18.4. The summed E-state index contributed by atoms with van der Waals surface area (Å²) in [6, 6.07) is 71.7. The van der Waals surface area contributed by atoms with Gasteiger partial charge in [-0.3, -0.25) is 0 Å². The summed E-state index contributed by atoms with van der Waals surface area (Å²) in [6.45, 7) is 6.77. The molecule has 0 amide bonds. The molecule has 2 heteroatoms. The smallest absolute Gasteiger partial charge is 0.0714 e. The van der Waals surface area contributed by atoms with Gasteiger partial charge in [-0.1, -0.05) is 214 Å². The molecule has 0 saturated carbocycles. The molecule has 0 radical (unpaired) electrons. The van der Waals surface area contributed by atoms with Gasteiger partial charge >= 0.3 is 0 Å². The fourth-order valence-electron chi connectivity index (χ4n) is 10.7. The van der Waals surface area contributed by atoms with E-state index in [1.165, 1.54) is 83.5 Å². The Balaban J connectivity index is 0.941. The van der Waals surface area contributed by atoms with Crippen LogP contribution in [0.5, 0.6) is 0 Å². The monoisotopic (exact) mass is 850 g/mol. The Hall–Kier alpha value is -7.68. The van der Waals surface area contributed by atoms with Crippen LogP contribution in [0.3, 0.4) is 0 Å². The molecule has 66 heavy (non-hydrogen) atoms. The van der Waals surface area contributed by atoms with Gasteiger partial charge in [-0.25, -0.2) is 0 Å². The van der Waals surface area contributed by atoms with E-state index in [1.807, 2.05) is 0 Å². The van der Waals surface area contributed by atoms with E-state index in [1.54, 1.807) is 0 Å². The van der Waals surface area contributed by atoms with Crippen LogP contribution in [-0.2, 0) is 5.41 Å². The van der Waals surface area contributed by atoms with Crippen molar-refractivity contribution in [2.24, 2.45) is 11.8 Å². The van der Waals surface area contributed by atoms with Gasteiger partial charge in [-0.15, -0.1) is 0 Å². The normalized spacial score (nSPS) is 17.9. The lowest BCUT2D eigenvalue weighted by molar-refractivity contribution is 0.662. The van der Waals surface area contributed by atoms with E-state index in [9.17, 15) is 0 Å². The standard InChI is InChI=1S/C64H54N2/c1-43-17-14-19-46(37-43)48-31-35-61(45(3)39-48)66-62-30-13-11-27-55(62)51-22-16-20-47(40-51)49-32-36-63(58(41-49)50-21-15-18-44(2)38-50)65-54-33-34-57-56-28-10-12-29-59(56)64(60(57)42-54,52-23-6-4-7-24-52)53-25-8-5-9-26-53/h4-17,19-42,44-45,61,65-66H,18H2,1-3H3. The maximum Gasteiger partial charge on any atom is 0.0714 e. The van der Waals surface area contributed by atoms with Gasteiger partial charge in [0, 0.05) is 28.2 Å². The number of hydrogen-bond donors (Lipinski definition) is 2. The van der Waals surface area contributed by atoms with E-state index < -0.39 is 5.41 Å². The minimum absolute atomic E-state index is 0.179. The number of rotatable bonds is 10. The van der Waals surface area contributed by atoms with Crippen molar-refractivity contribution in [1.82, 2.24) is 0 Å². The quantitative estimate of drug-likeness (QED) is 0.143. The Morgan fingerprint density at radius 1 is 0.470 bits per heavy atom. The van der Waals surface area contributed by atoms with Crippen LogP contribution in [0.4, 0.5) is 17.1 Å². The molecule has 3 unspecified atom stereocenters. The molecule has 0 fully saturated rings. The van der Waals surface area contributed by atoms with Gasteiger partial charge in [-0.05, 0) is 128 Å². The molecule has 2 N–H and O–H groups in total. The van der Waals surface area contributed by atoms with Gasteiger partial charge in [0.05, 0.1) is 11.5 Å². The summed E-state index contributed by atoms with van der Waals surface area (Å²) in [5.41, 5.74) is 21.6. The van der Waals surface area contributed by atoms with Gasteiger partial charge in [0.2, 0.25) is 0 Å². The van der Waals surface area contributed by atoms with Crippen molar-refractivity contribution in [1.29, 1.82) is 0 Å². The average Bonchev–Trinajstić information content (AvgIpc) is 3.66. The van der Waals surface area contributed by atoms with Crippen molar-refractivity contribution in [3.63, 3.8) is 0 Å². The lowest BCUT2D eigenvalue weighted by Gasteiger charge is -2.34. The molecule has 3 atom stereocenters. The molecule has 2 nitrogen and oxygen atoms in total. The molecule has 0 bridgehead atoms. The zero-order valence-electron chi connectivity index (χ0n) is 37.9. The molecule has 8 aromatic carbocycles. The summed E-state index contributed by atoms with van der Waals surface area (Å²) < 4.78 is 0.